The molecule has 0 aromatic heterocycles. The molecule has 0 aromatic carbocycles. The lowest BCUT2D eigenvalue weighted by molar-refractivity contribution is -0.919. The third-order valence-electron chi connectivity index (χ3n) is 2.36. The van der Waals surface area contributed by atoms with E-state index in [1.807, 2.05) is 0 Å². The van der Waals surface area contributed by atoms with Crippen molar-refractivity contribution in [1.29, 1.82) is 5.26 Å². The van der Waals surface area contributed by atoms with Gasteiger partial charge in [-0.1, -0.05) is 0 Å². The van der Waals surface area contributed by atoms with Crippen molar-refractivity contribution in [3.63, 3.8) is 0 Å². The average Bonchev–Trinajstić information content (AvgIpc) is 2.19. The van der Waals surface area contributed by atoms with Crippen LogP contribution in [0.2, 0.25) is 0 Å². The Morgan fingerprint density at radius 3 is 2.77 bits per heavy atom. The molecule has 0 spiro atoms. The molecule has 0 radical (unpaired) electrons. The summed E-state index contributed by atoms with van der Waals surface area (Å²) in [6, 6.07) is 2.15. The molecule has 4 heteroatoms. The zero-order valence-corrected chi connectivity index (χ0v) is 8.09. The standard InChI is InChI=1S/C9H17N3O/c10-2-1-3-11-4-5-12-6-8-13-9-7-12/h11H,1,3-9H2/p+2. The van der Waals surface area contributed by atoms with Crippen molar-refractivity contribution in [2.45, 2.75) is 6.42 Å². The first-order valence-corrected chi connectivity index (χ1v) is 5.03. The number of nitriles is 1. The van der Waals surface area contributed by atoms with E-state index >= 15 is 0 Å². The van der Waals surface area contributed by atoms with Gasteiger partial charge in [-0.05, 0) is 0 Å². The van der Waals surface area contributed by atoms with Crippen molar-refractivity contribution in [1.82, 2.24) is 0 Å². The van der Waals surface area contributed by atoms with Gasteiger partial charge in [0.15, 0.2) is 0 Å². The highest BCUT2D eigenvalue weighted by atomic mass is 16.5. The highest BCUT2D eigenvalue weighted by Crippen LogP contribution is 1.73. The molecule has 0 aliphatic carbocycles. The van der Waals surface area contributed by atoms with E-state index in [1.165, 1.54) is 6.54 Å². The smallest absolute Gasteiger partial charge is 0.127 e. The molecule has 4 nitrogen and oxygen atoms in total. The Bertz CT molecular complexity index is 161. The van der Waals surface area contributed by atoms with Crippen LogP contribution in [0, 0.1) is 11.3 Å². The maximum atomic E-state index is 8.32. The Morgan fingerprint density at radius 2 is 2.08 bits per heavy atom. The minimum absolute atomic E-state index is 0.665. The monoisotopic (exact) mass is 185 g/mol. The lowest BCUT2D eigenvalue weighted by Crippen LogP contribution is -3.16. The SMILES string of the molecule is N#CCC[NH2+]CC[NH+]1CCOCC1. The normalized spacial score (nSPS) is 18.4. The molecule has 0 aromatic rings. The van der Waals surface area contributed by atoms with Crippen molar-refractivity contribution in [3.05, 3.63) is 0 Å². The van der Waals surface area contributed by atoms with Crippen LogP contribution in [0.15, 0.2) is 0 Å². The zero-order chi connectivity index (χ0) is 9.36. The second kappa shape index (κ2) is 6.84. The van der Waals surface area contributed by atoms with Crippen LogP contribution in [0.5, 0.6) is 0 Å². The zero-order valence-electron chi connectivity index (χ0n) is 8.09. The Balaban J connectivity index is 1.90. The van der Waals surface area contributed by atoms with Gasteiger partial charge < -0.3 is 15.0 Å². The van der Waals surface area contributed by atoms with Crippen LogP contribution in [-0.2, 0) is 4.74 Å². The van der Waals surface area contributed by atoms with Crippen molar-refractivity contribution < 1.29 is 15.0 Å². The minimum Gasteiger partial charge on any atom is -0.370 e. The largest absolute Gasteiger partial charge is 0.370 e. The molecule has 1 aliphatic heterocycles. The predicted octanol–water partition coefficient (Wildman–Crippen LogP) is -2.62. The summed E-state index contributed by atoms with van der Waals surface area (Å²) in [5.41, 5.74) is 0. The fourth-order valence-electron chi connectivity index (χ4n) is 1.53. The Kier molecular flexibility index (Phi) is 5.50. The molecule has 0 bridgehead atoms. The van der Waals surface area contributed by atoms with Crippen molar-refractivity contribution in [3.8, 4) is 6.07 Å². The molecule has 1 heterocycles. The number of hydrogen-bond donors (Lipinski definition) is 2. The van der Waals surface area contributed by atoms with Crippen molar-refractivity contribution in [2.75, 3.05) is 45.9 Å². The fraction of sp³-hybridized carbons (Fsp3) is 0.889. The quantitative estimate of drug-likeness (QED) is 0.461. The van der Waals surface area contributed by atoms with Crippen molar-refractivity contribution >= 4 is 0 Å². The highest BCUT2D eigenvalue weighted by molar-refractivity contribution is 4.65. The lowest BCUT2D eigenvalue weighted by atomic mass is 10.4. The Labute approximate surface area is 79.5 Å². The fourth-order valence-corrected chi connectivity index (χ4v) is 1.53. The van der Waals surface area contributed by atoms with Crippen LogP contribution in [0.25, 0.3) is 0 Å². The summed E-state index contributed by atoms with van der Waals surface area (Å²) in [6.45, 7) is 7.39. The summed E-state index contributed by atoms with van der Waals surface area (Å²) in [4.78, 5) is 1.64. The molecule has 0 saturated carbocycles. The first-order valence-electron chi connectivity index (χ1n) is 5.03. The van der Waals surface area contributed by atoms with E-state index < -0.39 is 0 Å². The van der Waals surface area contributed by atoms with Gasteiger partial charge in [-0.15, -0.1) is 0 Å². The molecule has 74 valence electrons. The molecule has 1 fully saturated rings. The van der Waals surface area contributed by atoms with Gasteiger partial charge >= 0.3 is 0 Å². The maximum Gasteiger partial charge on any atom is 0.127 e. The third-order valence-corrected chi connectivity index (χ3v) is 2.36. The summed E-state index contributed by atoms with van der Waals surface area (Å²) in [5, 5.41) is 10.6. The van der Waals surface area contributed by atoms with Gasteiger partial charge in [0, 0.05) is 0 Å². The number of nitrogens with two attached hydrogens (primary N) is 1. The molecule has 1 rings (SSSR count). The van der Waals surface area contributed by atoms with Gasteiger partial charge in [-0.2, -0.15) is 5.26 Å². The minimum atomic E-state index is 0.665. The van der Waals surface area contributed by atoms with Gasteiger partial charge in [-0.25, -0.2) is 0 Å². The predicted molar refractivity (Wildman–Crippen MR) is 48.3 cm³/mol. The van der Waals surface area contributed by atoms with Crippen LogP contribution in [0.3, 0.4) is 0 Å². The third kappa shape index (κ3) is 4.83. The summed E-state index contributed by atoms with van der Waals surface area (Å²) < 4.78 is 5.27. The second-order valence-electron chi connectivity index (χ2n) is 3.39. The second-order valence-corrected chi connectivity index (χ2v) is 3.39. The van der Waals surface area contributed by atoms with Crippen LogP contribution in [-0.4, -0.2) is 45.9 Å². The van der Waals surface area contributed by atoms with E-state index in [0.29, 0.717) is 6.42 Å². The van der Waals surface area contributed by atoms with Gasteiger partial charge in [0.25, 0.3) is 0 Å². The van der Waals surface area contributed by atoms with Crippen LogP contribution < -0.4 is 10.2 Å². The number of nitrogens with one attached hydrogen (secondary N) is 1. The van der Waals surface area contributed by atoms with Gasteiger partial charge in [0.1, 0.15) is 26.2 Å². The van der Waals surface area contributed by atoms with E-state index in [1.54, 1.807) is 4.90 Å². The number of ether oxygens (including phenoxy) is 1. The maximum absolute atomic E-state index is 8.32. The number of nitrogens with zero attached hydrogens (tertiary/aromatic N) is 1. The number of quaternary nitrogens is 2. The summed E-state index contributed by atoms with van der Waals surface area (Å²) in [7, 11) is 0. The van der Waals surface area contributed by atoms with E-state index in [0.717, 1.165) is 39.4 Å². The molecular formula is C9H19N3O+2. The van der Waals surface area contributed by atoms with E-state index in [4.69, 9.17) is 10.00 Å². The summed E-state index contributed by atoms with van der Waals surface area (Å²) in [5.74, 6) is 0. The topological polar surface area (TPSA) is 54.1 Å². The average molecular weight is 185 g/mol. The Morgan fingerprint density at radius 1 is 1.31 bits per heavy atom. The molecule has 1 aliphatic rings. The molecule has 0 unspecified atom stereocenters. The Hall–Kier alpha value is -0.630. The molecule has 0 amide bonds. The lowest BCUT2D eigenvalue weighted by Gasteiger charge is -2.22. The molecule has 1 saturated heterocycles. The molecular weight excluding hydrogens is 166 g/mol. The van der Waals surface area contributed by atoms with Crippen molar-refractivity contribution in [2.24, 2.45) is 0 Å². The van der Waals surface area contributed by atoms with Crippen LogP contribution in [0.4, 0.5) is 0 Å². The van der Waals surface area contributed by atoms with Gasteiger partial charge in [-0.3, -0.25) is 0 Å². The first kappa shape index (κ1) is 10.5. The van der Waals surface area contributed by atoms with Gasteiger partial charge in [0.2, 0.25) is 0 Å². The number of rotatable bonds is 5. The molecule has 13 heavy (non-hydrogen) atoms. The van der Waals surface area contributed by atoms with Gasteiger partial charge in [0.05, 0.1) is 32.2 Å². The first-order chi connectivity index (χ1) is 6.43. The van der Waals surface area contributed by atoms with Crippen LogP contribution in [0.1, 0.15) is 6.42 Å². The van der Waals surface area contributed by atoms with E-state index in [2.05, 4.69) is 11.4 Å². The van der Waals surface area contributed by atoms with Crippen LogP contribution >= 0.6 is 0 Å². The number of morpholine rings is 1. The van der Waals surface area contributed by atoms with E-state index in [9.17, 15) is 0 Å². The highest BCUT2D eigenvalue weighted by Gasteiger charge is 2.13. The summed E-state index contributed by atoms with van der Waals surface area (Å²) in [6.07, 6.45) is 0.665. The summed E-state index contributed by atoms with van der Waals surface area (Å²) >= 11 is 0. The van der Waals surface area contributed by atoms with E-state index in [-0.39, 0.29) is 0 Å². The molecule has 3 N–H and O–H groups in total. The molecule has 0 atom stereocenters. The number of hydrogen-bond acceptors (Lipinski definition) is 2.